The van der Waals surface area contributed by atoms with Crippen molar-refractivity contribution < 1.29 is 4.79 Å². The fourth-order valence-electron chi connectivity index (χ4n) is 3.16. The Balaban J connectivity index is 1.55. The third-order valence-electron chi connectivity index (χ3n) is 4.71. The van der Waals surface area contributed by atoms with Crippen molar-refractivity contribution in [3.63, 3.8) is 0 Å². The van der Waals surface area contributed by atoms with Crippen LogP contribution in [0.25, 0.3) is 0 Å². The minimum absolute atomic E-state index is 0.113. The fraction of sp³-hybridized carbons (Fsp3) is 0.632. The lowest BCUT2D eigenvalue weighted by Crippen LogP contribution is -2.43. The summed E-state index contributed by atoms with van der Waals surface area (Å²) in [4.78, 5) is 22.7. The van der Waals surface area contributed by atoms with Crippen molar-refractivity contribution in [2.24, 2.45) is 4.99 Å². The molecule has 2 rings (SSSR count). The lowest BCUT2D eigenvalue weighted by atomic mass is 10.0. The topological polar surface area (TPSA) is 81.7 Å². The van der Waals surface area contributed by atoms with Crippen LogP contribution >= 0.6 is 0 Å². The van der Waals surface area contributed by atoms with E-state index in [1.165, 1.54) is 25.8 Å². The van der Waals surface area contributed by atoms with Gasteiger partial charge in [0.15, 0.2) is 5.96 Å². The Morgan fingerprint density at radius 2 is 2.08 bits per heavy atom. The van der Waals surface area contributed by atoms with Crippen LogP contribution in [0.4, 0.5) is 0 Å². The van der Waals surface area contributed by atoms with Crippen LogP contribution in [0.2, 0.25) is 0 Å². The molecule has 3 N–H and O–H groups in total. The summed E-state index contributed by atoms with van der Waals surface area (Å²) in [6.07, 6.45) is 8.33. The van der Waals surface area contributed by atoms with Crippen LogP contribution < -0.4 is 16.0 Å². The van der Waals surface area contributed by atoms with E-state index in [0.717, 1.165) is 25.5 Å². The average molecular weight is 361 g/mol. The molecule has 26 heavy (non-hydrogen) atoms. The Kier molecular flexibility index (Phi) is 8.89. The second-order valence-corrected chi connectivity index (χ2v) is 6.66. The Hall–Kier alpha value is -2.15. The molecule has 0 aromatic carbocycles. The Morgan fingerprint density at radius 1 is 1.27 bits per heavy atom. The average Bonchev–Trinajstić information content (AvgIpc) is 2.68. The van der Waals surface area contributed by atoms with E-state index < -0.39 is 0 Å². The Bertz CT molecular complexity index is 562. The van der Waals surface area contributed by atoms with E-state index in [4.69, 9.17) is 0 Å². The normalized spacial score (nSPS) is 18.4. The number of amides is 1. The van der Waals surface area contributed by atoms with Crippen molar-refractivity contribution in [1.29, 1.82) is 0 Å². The molecular formula is C19H32N6O. The van der Waals surface area contributed by atoms with Gasteiger partial charge < -0.3 is 20.9 Å². The highest BCUT2D eigenvalue weighted by atomic mass is 16.1. The van der Waals surface area contributed by atoms with Gasteiger partial charge in [-0.15, -0.1) is 0 Å². The summed E-state index contributed by atoms with van der Waals surface area (Å²) < 4.78 is 0. The molecule has 1 atom stereocenters. The number of carbonyl (C=O) groups excluding carboxylic acids is 1. The quantitative estimate of drug-likeness (QED) is 0.369. The molecule has 1 aliphatic rings. The molecule has 144 valence electrons. The van der Waals surface area contributed by atoms with E-state index in [-0.39, 0.29) is 5.91 Å². The maximum absolute atomic E-state index is 11.9. The van der Waals surface area contributed by atoms with E-state index in [9.17, 15) is 4.79 Å². The number of likely N-dealkylation sites (tertiary alicyclic amines) is 1. The molecule has 0 saturated carbocycles. The zero-order chi connectivity index (χ0) is 18.6. The number of aromatic nitrogens is 1. The van der Waals surface area contributed by atoms with Crippen molar-refractivity contribution >= 4 is 11.9 Å². The molecule has 0 spiro atoms. The van der Waals surface area contributed by atoms with Gasteiger partial charge in [0.05, 0.1) is 5.56 Å². The second-order valence-electron chi connectivity index (χ2n) is 6.66. The molecular weight excluding hydrogens is 328 g/mol. The number of hydrogen-bond donors (Lipinski definition) is 3. The zero-order valence-corrected chi connectivity index (χ0v) is 16.0. The minimum Gasteiger partial charge on any atom is -0.356 e. The minimum atomic E-state index is -0.113. The number of rotatable bonds is 8. The predicted molar refractivity (Wildman–Crippen MR) is 105 cm³/mol. The highest BCUT2D eigenvalue weighted by molar-refractivity contribution is 5.93. The molecule has 1 aromatic heterocycles. The number of nitrogens with one attached hydrogen (secondary N) is 3. The molecule has 0 bridgehead atoms. The van der Waals surface area contributed by atoms with Crippen LogP contribution in [0.15, 0.2) is 29.5 Å². The van der Waals surface area contributed by atoms with Crippen molar-refractivity contribution in [2.45, 2.75) is 38.6 Å². The smallest absolute Gasteiger partial charge is 0.252 e. The van der Waals surface area contributed by atoms with Gasteiger partial charge >= 0.3 is 0 Å². The molecule has 7 nitrogen and oxygen atoms in total. The lowest BCUT2D eigenvalue weighted by Gasteiger charge is -2.33. The summed E-state index contributed by atoms with van der Waals surface area (Å²) in [6.45, 7) is 6.73. The molecule has 2 heterocycles. The summed E-state index contributed by atoms with van der Waals surface area (Å²) in [5.74, 6) is 0.658. The molecule has 1 amide bonds. The van der Waals surface area contributed by atoms with E-state index in [2.05, 4.69) is 37.8 Å². The van der Waals surface area contributed by atoms with Crippen molar-refractivity contribution in [1.82, 2.24) is 25.8 Å². The molecule has 1 saturated heterocycles. The van der Waals surface area contributed by atoms with E-state index in [1.54, 1.807) is 31.6 Å². The summed E-state index contributed by atoms with van der Waals surface area (Å²) >= 11 is 0. The summed E-state index contributed by atoms with van der Waals surface area (Å²) in [5, 5.41) is 9.41. The summed E-state index contributed by atoms with van der Waals surface area (Å²) in [7, 11) is 1.76. The molecule has 1 unspecified atom stereocenters. The van der Waals surface area contributed by atoms with Crippen LogP contribution in [0.1, 0.15) is 43.0 Å². The molecule has 1 fully saturated rings. The van der Waals surface area contributed by atoms with Crippen molar-refractivity contribution in [3.05, 3.63) is 30.1 Å². The number of piperidine rings is 1. The van der Waals surface area contributed by atoms with Gasteiger partial charge in [-0.2, -0.15) is 0 Å². The van der Waals surface area contributed by atoms with E-state index >= 15 is 0 Å². The van der Waals surface area contributed by atoms with Gasteiger partial charge in [-0.05, 0) is 44.9 Å². The van der Waals surface area contributed by atoms with Gasteiger partial charge in [0.25, 0.3) is 5.91 Å². The zero-order valence-electron chi connectivity index (χ0n) is 16.0. The van der Waals surface area contributed by atoms with Gasteiger partial charge in [0, 0.05) is 51.7 Å². The van der Waals surface area contributed by atoms with Gasteiger partial charge in [-0.1, -0.05) is 6.42 Å². The van der Waals surface area contributed by atoms with Gasteiger partial charge in [0.2, 0.25) is 0 Å². The SMILES string of the molecule is CN=C(NCCCN1CCCCC1C)NCCNC(=O)c1cccnc1. The Labute approximate surface area is 156 Å². The number of pyridine rings is 1. The molecule has 1 aliphatic heterocycles. The van der Waals surface area contributed by atoms with Gasteiger partial charge in [0.1, 0.15) is 0 Å². The maximum Gasteiger partial charge on any atom is 0.252 e. The monoisotopic (exact) mass is 360 g/mol. The van der Waals surface area contributed by atoms with Crippen LogP contribution in [0.5, 0.6) is 0 Å². The molecule has 0 aliphatic carbocycles. The molecule has 7 heteroatoms. The first-order valence-electron chi connectivity index (χ1n) is 9.57. The number of aliphatic imine (C=N–C) groups is 1. The highest BCUT2D eigenvalue weighted by Crippen LogP contribution is 2.15. The third kappa shape index (κ3) is 7.00. The summed E-state index contributed by atoms with van der Waals surface area (Å²) in [5.41, 5.74) is 0.571. The number of guanidine groups is 1. The van der Waals surface area contributed by atoms with Gasteiger partial charge in [-0.25, -0.2) is 0 Å². The number of hydrogen-bond acceptors (Lipinski definition) is 4. The van der Waals surface area contributed by atoms with E-state index in [0.29, 0.717) is 24.7 Å². The van der Waals surface area contributed by atoms with Gasteiger partial charge in [-0.3, -0.25) is 14.8 Å². The number of nitrogens with zero attached hydrogens (tertiary/aromatic N) is 3. The third-order valence-corrected chi connectivity index (χ3v) is 4.71. The maximum atomic E-state index is 11.9. The predicted octanol–water partition coefficient (Wildman–Crippen LogP) is 1.24. The van der Waals surface area contributed by atoms with Crippen LogP contribution in [-0.2, 0) is 0 Å². The fourth-order valence-corrected chi connectivity index (χ4v) is 3.16. The first kappa shape index (κ1) is 20.2. The van der Waals surface area contributed by atoms with Crippen LogP contribution in [-0.4, -0.2) is 67.6 Å². The molecule has 1 aromatic rings. The first-order valence-corrected chi connectivity index (χ1v) is 9.57. The van der Waals surface area contributed by atoms with E-state index in [1.807, 2.05) is 0 Å². The van der Waals surface area contributed by atoms with Crippen LogP contribution in [0, 0.1) is 0 Å². The second kappa shape index (κ2) is 11.5. The number of carbonyl (C=O) groups is 1. The molecule has 0 radical (unpaired) electrons. The van der Waals surface area contributed by atoms with Crippen molar-refractivity contribution in [2.75, 3.05) is 39.8 Å². The first-order chi connectivity index (χ1) is 12.7. The van der Waals surface area contributed by atoms with Crippen molar-refractivity contribution in [3.8, 4) is 0 Å². The summed E-state index contributed by atoms with van der Waals surface area (Å²) in [6, 6.07) is 4.22. The van der Waals surface area contributed by atoms with Crippen LogP contribution in [0.3, 0.4) is 0 Å². The largest absolute Gasteiger partial charge is 0.356 e. The Morgan fingerprint density at radius 3 is 2.81 bits per heavy atom. The standard InChI is InChI=1S/C19H32N6O/c1-16-7-3-4-13-25(16)14-6-10-23-19(20-2)24-12-11-22-18(26)17-8-5-9-21-15-17/h5,8-9,15-16H,3-4,6-7,10-14H2,1-2H3,(H,22,26)(H2,20,23,24). The lowest BCUT2D eigenvalue weighted by molar-refractivity contribution is 0.0954. The highest BCUT2D eigenvalue weighted by Gasteiger charge is 2.17.